The second-order valence-electron chi connectivity index (χ2n) is 4.49. The highest BCUT2D eigenvalue weighted by atomic mass is 32.2. The van der Waals surface area contributed by atoms with E-state index in [1.165, 1.54) is 34.4 Å². The van der Waals surface area contributed by atoms with Gasteiger partial charge in [0.25, 0.3) is 0 Å². The number of rotatable bonds is 6. The fourth-order valence-corrected chi connectivity index (χ4v) is 4.30. The summed E-state index contributed by atoms with van der Waals surface area (Å²) >= 11 is 4.41. The molecule has 0 spiro atoms. The van der Waals surface area contributed by atoms with Crippen LogP contribution in [0.5, 0.6) is 0 Å². The van der Waals surface area contributed by atoms with Crippen LogP contribution in [-0.4, -0.2) is 21.7 Å². The third-order valence-electron chi connectivity index (χ3n) is 2.77. The zero-order chi connectivity index (χ0) is 15.4. The lowest BCUT2D eigenvalue weighted by Crippen LogP contribution is -1.98. The number of para-hydroxylation sites is 1. The molecule has 0 amide bonds. The Bertz CT molecular complexity index is 767. The number of aromatic nitrogens is 2. The molecule has 0 aliphatic heterocycles. The number of hydrogen-bond donors (Lipinski definition) is 1. The Kier molecular flexibility index (Phi) is 4.87. The molecule has 3 rings (SSSR count). The summed E-state index contributed by atoms with van der Waals surface area (Å²) in [5, 5.41) is 12.1. The van der Waals surface area contributed by atoms with Crippen molar-refractivity contribution in [3.05, 3.63) is 52.2 Å². The number of nitrogens with zero attached hydrogens (tertiary/aromatic N) is 2. The summed E-state index contributed by atoms with van der Waals surface area (Å²) < 4.78 is 0.792. The van der Waals surface area contributed by atoms with E-state index in [0.29, 0.717) is 5.75 Å². The Morgan fingerprint density at radius 1 is 1.14 bits per heavy atom. The van der Waals surface area contributed by atoms with Gasteiger partial charge in [0.05, 0.1) is 10.6 Å². The molecule has 0 aliphatic rings. The number of carbonyl (C=O) groups is 1. The number of aryl methyl sites for hydroxylation is 1. The first-order valence-corrected chi connectivity index (χ1v) is 9.20. The maximum absolute atomic E-state index is 12.1. The van der Waals surface area contributed by atoms with Crippen molar-refractivity contribution in [1.29, 1.82) is 0 Å². The molecular weight excluding hydrogens is 334 g/mol. The summed E-state index contributed by atoms with van der Waals surface area (Å²) in [6.07, 6.45) is 0. The van der Waals surface area contributed by atoms with Crippen LogP contribution in [0.4, 0.5) is 10.8 Å². The van der Waals surface area contributed by atoms with E-state index in [1.807, 2.05) is 49.4 Å². The molecule has 0 fully saturated rings. The first-order chi connectivity index (χ1) is 10.7. The third kappa shape index (κ3) is 3.94. The average molecular weight is 347 g/mol. The Morgan fingerprint density at radius 3 is 2.68 bits per heavy atom. The second kappa shape index (κ2) is 7.04. The van der Waals surface area contributed by atoms with E-state index in [2.05, 4.69) is 15.5 Å². The van der Waals surface area contributed by atoms with Crippen molar-refractivity contribution in [2.45, 2.75) is 11.3 Å². The Balaban J connectivity index is 1.57. The largest absolute Gasteiger partial charge is 0.330 e. The van der Waals surface area contributed by atoms with Gasteiger partial charge in [0.1, 0.15) is 0 Å². The highest BCUT2D eigenvalue weighted by Crippen LogP contribution is 2.28. The van der Waals surface area contributed by atoms with E-state index in [4.69, 9.17) is 0 Å². The molecule has 0 unspecified atom stereocenters. The molecule has 0 atom stereocenters. The van der Waals surface area contributed by atoms with Gasteiger partial charge in [-0.25, -0.2) is 0 Å². The van der Waals surface area contributed by atoms with Crippen molar-refractivity contribution in [3.63, 3.8) is 0 Å². The van der Waals surface area contributed by atoms with Crippen molar-refractivity contribution in [2.75, 3.05) is 11.1 Å². The zero-order valence-electron chi connectivity index (χ0n) is 11.8. The lowest BCUT2D eigenvalue weighted by Gasteiger charge is -1.99. The van der Waals surface area contributed by atoms with Crippen LogP contribution in [0.1, 0.15) is 14.5 Å². The quantitative estimate of drug-likeness (QED) is 0.520. The summed E-state index contributed by atoms with van der Waals surface area (Å²) in [7, 11) is 0. The van der Waals surface area contributed by atoms with Crippen molar-refractivity contribution in [2.24, 2.45) is 0 Å². The molecule has 0 saturated heterocycles. The number of Topliss-reactive ketones (excluding diaryl/α,β-unsaturated/α-hetero) is 1. The fraction of sp³-hybridized carbons (Fsp3) is 0.133. The minimum Gasteiger partial charge on any atom is -0.330 e. The van der Waals surface area contributed by atoms with Crippen molar-refractivity contribution in [3.8, 4) is 0 Å². The molecule has 0 aliphatic carbocycles. The molecule has 112 valence electrons. The number of carbonyl (C=O) groups excluding carboxylic acids is 1. The predicted octanol–water partition coefficient (Wildman–Crippen LogP) is 4.63. The summed E-state index contributed by atoms with van der Waals surface area (Å²) in [5.41, 5.74) is 0.973. The summed E-state index contributed by atoms with van der Waals surface area (Å²) in [6, 6.07) is 13.7. The Hall–Kier alpha value is -1.70. The molecule has 0 radical (unpaired) electrons. The average Bonchev–Trinajstić information content (AvgIpc) is 3.15. The minimum absolute atomic E-state index is 0.135. The SMILES string of the molecule is Cc1ccc(C(=O)CSc2nnc(Nc3ccccc3)s2)s1. The topological polar surface area (TPSA) is 54.9 Å². The van der Waals surface area contributed by atoms with Gasteiger partial charge in [0, 0.05) is 10.6 Å². The van der Waals surface area contributed by atoms with Crippen LogP contribution in [0.2, 0.25) is 0 Å². The summed E-state index contributed by atoms with van der Waals surface area (Å²) in [4.78, 5) is 14.0. The third-order valence-corrected chi connectivity index (χ3v) is 5.79. The molecule has 1 aromatic carbocycles. The van der Waals surface area contributed by atoms with E-state index >= 15 is 0 Å². The molecule has 3 aromatic rings. The number of ketones is 1. The molecule has 2 heterocycles. The fourth-order valence-electron chi connectivity index (χ4n) is 1.75. The van der Waals surface area contributed by atoms with Gasteiger partial charge in [-0.05, 0) is 31.2 Å². The van der Waals surface area contributed by atoms with Gasteiger partial charge >= 0.3 is 0 Å². The van der Waals surface area contributed by atoms with Gasteiger partial charge in [0.15, 0.2) is 10.1 Å². The van der Waals surface area contributed by atoms with Crippen LogP contribution < -0.4 is 5.32 Å². The van der Waals surface area contributed by atoms with E-state index in [-0.39, 0.29) is 5.78 Å². The molecule has 0 bridgehead atoms. The van der Waals surface area contributed by atoms with E-state index in [1.54, 1.807) is 0 Å². The molecule has 4 nitrogen and oxygen atoms in total. The van der Waals surface area contributed by atoms with Gasteiger partial charge < -0.3 is 5.32 Å². The van der Waals surface area contributed by atoms with Crippen LogP contribution in [0.25, 0.3) is 0 Å². The van der Waals surface area contributed by atoms with Crippen LogP contribution in [0.3, 0.4) is 0 Å². The minimum atomic E-state index is 0.135. The van der Waals surface area contributed by atoms with Crippen molar-refractivity contribution < 1.29 is 4.79 Å². The summed E-state index contributed by atoms with van der Waals surface area (Å²) in [5.74, 6) is 0.524. The molecule has 2 aromatic heterocycles. The smallest absolute Gasteiger partial charge is 0.210 e. The lowest BCUT2D eigenvalue weighted by atomic mass is 10.3. The van der Waals surface area contributed by atoms with Gasteiger partial charge in [-0.15, -0.1) is 21.5 Å². The Labute approximate surface area is 140 Å². The first kappa shape index (κ1) is 15.2. The number of benzene rings is 1. The van der Waals surface area contributed by atoms with Crippen LogP contribution in [-0.2, 0) is 0 Å². The highest BCUT2D eigenvalue weighted by molar-refractivity contribution is 8.01. The maximum atomic E-state index is 12.1. The van der Waals surface area contributed by atoms with Crippen LogP contribution >= 0.6 is 34.4 Å². The standard InChI is InChI=1S/C15H13N3OS3/c1-10-7-8-13(21-10)12(19)9-20-15-18-17-14(22-15)16-11-5-3-2-4-6-11/h2-8H,9H2,1H3,(H,16,17). The maximum Gasteiger partial charge on any atom is 0.210 e. The molecule has 22 heavy (non-hydrogen) atoms. The number of thiophene rings is 1. The number of hydrogen-bond acceptors (Lipinski definition) is 7. The monoisotopic (exact) mass is 347 g/mol. The number of thioether (sulfide) groups is 1. The van der Waals surface area contributed by atoms with Gasteiger partial charge in [-0.3, -0.25) is 4.79 Å². The lowest BCUT2D eigenvalue weighted by molar-refractivity contribution is 0.102. The van der Waals surface area contributed by atoms with E-state index in [9.17, 15) is 4.79 Å². The van der Waals surface area contributed by atoms with Gasteiger partial charge in [-0.2, -0.15) is 0 Å². The second-order valence-corrected chi connectivity index (χ2v) is 7.97. The molecule has 7 heteroatoms. The Morgan fingerprint density at radius 2 is 1.95 bits per heavy atom. The zero-order valence-corrected chi connectivity index (χ0v) is 14.2. The van der Waals surface area contributed by atoms with Crippen LogP contribution in [0, 0.1) is 6.92 Å². The van der Waals surface area contributed by atoms with E-state index in [0.717, 1.165) is 24.9 Å². The molecule has 0 saturated carbocycles. The number of nitrogens with one attached hydrogen (secondary N) is 1. The number of anilines is 2. The highest BCUT2D eigenvalue weighted by Gasteiger charge is 2.11. The molecule has 1 N–H and O–H groups in total. The normalized spacial score (nSPS) is 10.6. The first-order valence-electron chi connectivity index (χ1n) is 6.59. The van der Waals surface area contributed by atoms with Crippen molar-refractivity contribution >= 4 is 51.0 Å². The van der Waals surface area contributed by atoms with Gasteiger partial charge in [0.2, 0.25) is 5.13 Å². The summed E-state index contributed by atoms with van der Waals surface area (Å²) in [6.45, 7) is 2.00. The van der Waals surface area contributed by atoms with Crippen LogP contribution in [0.15, 0.2) is 46.8 Å². The van der Waals surface area contributed by atoms with Gasteiger partial charge in [-0.1, -0.05) is 41.3 Å². The molecular formula is C15H13N3OS3. The van der Waals surface area contributed by atoms with E-state index < -0.39 is 0 Å². The van der Waals surface area contributed by atoms with Crippen molar-refractivity contribution in [1.82, 2.24) is 10.2 Å². The predicted molar refractivity (Wildman–Crippen MR) is 93.7 cm³/mol.